The number of carbonyl (C=O) groups is 1. The minimum atomic E-state index is -0.0129. The average molecular weight is 242 g/mol. The summed E-state index contributed by atoms with van der Waals surface area (Å²) in [7, 11) is 3.31. The average Bonchev–Trinajstić information content (AvgIpc) is 3.08. The quantitative estimate of drug-likeness (QED) is 0.736. The Labute approximate surface area is 102 Å². The van der Waals surface area contributed by atoms with Gasteiger partial charge in [-0.2, -0.15) is 0 Å². The molecule has 0 aromatic heterocycles. The zero-order valence-corrected chi connectivity index (χ0v) is 10.6. The molecule has 0 bridgehead atoms. The standard InChI is InChI=1S/C12H22N2O3/c1-16-10-6-14(7-11(10)17-2)12(15)5-9(13)8-3-4-8/h8-11H,3-7,13H2,1-2H3. The van der Waals surface area contributed by atoms with E-state index in [2.05, 4.69) is 0 Å². The van der Waals surface area contributed by atoms with E-state index < -0.39 is 0 Å². The fraction of sp³-hybridized carbons (Fsp3) is 0.917. The highest BCUT2D eigenvalue weighted by Crippen LogP contribution is 2.33. The molecular formula is C12H22N2O3. The summed E-state index contributed by atoms with van der Waals surface area (Å²) in [5.74, 6) is 0.698. The third kappa shape index (κ3) is 2.97. The molecule has 0 aromatic carbocycles. The summed E-state index contributed by atoms with van der Waals surface area (Å²) in [6, 6.07) is 0.0325. The van der Waals surface area contributed by atoms with Crippen LogP contribution in [0.25, 0.3) is 0 Å². The molecule has 2 aliphatic rings. The number of ether oxygens (including phenoxy) is 2. The van der Waals surface area contributed by atoms with E-state index in [0.717, 1.165) is 0 Å². The Balaban J connectivity index is 1.83. The number of hydrogen-bond acceptors (Lipinski definition) is 4. The van der Waals surface area contributed by atoms with Gasteiger partial charge in [0.05, 0.1) is 0 Å². The van der Waals surface area contributed by atoms with Crippen LogP contribution in [-0.4, -0.2) is 56.4 Å². The van der Waals surface area contributed by atoms with Gasteiger partial charge in [0.1, 0.15) is 12.2 Å². The normalized spacial score (nSPS) is 30.6. The van der Waals surface area contributed by atoms with Crippen LogP contribution in [0, 0.1) is 5.92 Å². The zero-order valence-electron chi connectivity index (χ0n) is 10.6. The molecule has 1 saturated carbocycles. The number of carbonyl (C=O) groups excluding carboxylic acids is 1. The molecule has 2 rings (SSSR count). The number of methoxy groups -OCH3 is 2. The van der Waals surface area contributed by atoms with Gasteiger partial charge in [-0.25, -0.2) is 0 Å². The lowest BCUT2D eigenvalue weighted by Gasteiger charge is -2.18. The second-order valence-corrected chi connectivity index (χ2v) is 5.05. The minimum Gasteiger partial charge on any atom is -0.377 e. The third-order valence-electron chi connectivity index (χ3n) is 3.81. The van der Waals surface area contributed by atoms with E-state index in [0.29, 0.717) is 25.4 Å². The predicted octanol–water partition coefficient (Wildman–Crippen LogP) is -0.0140. The van der Waals surface area contributed by atoms with Crippen LogP contribution < -0.4 is 5.73 Å². The molecule has 2 fully saturated rings. The van der Waals surface area contributed by atoms with E-state index in [9.17, 15) is 4.79 Å². The number of hydrogen-bond donors (Lipinski definition) is 1. The highest BCUT2D eigenvalue weighted by molar-refractivity contribution is 5.77. The van der Waals surface area contributed by atoms with Crippen LogP contribution in [-0.2, 0) is 14.3 Å². The van der Waals surface area contributed by atoms with Gasteiger partial charge in [-0.15, -0.1) is 0 Å². The molecule has 5 nitrogen and oxygen atoms in total. The van der Waals surface area contributed by atoms with E-state index in [1.54, 1.807) is 14.2 Å². The molecule has 0 radical (unpaired) electrons. The van der Waals surface area contributed by atoms with E-state index in [1.165, 1.54) is 12.8 Å². The van der Waals surface area contributed by atoms with E-state index in [4.69, 9.17) is 15.2 Å². The summed E-state index contributed by atoms with van der Waals surface area (Å²) >= 11 is 0. The first-order chi connectivity index (χ1) is 8.15. The Kier molecular flexibility index (Phi) is 4.01. The fourth-order valence-corrected chi connectivity index (χ4v) is 2.42. The van der Waals surface area contributed by atoms with Gasteiger partial charge in [-0.05, 0) is 18.8 Å². The van der Waals surface area contributed by atoms with Crippen molar-refractivity contribution >= 4 is 5.91 Å². The van der Waals surface area contributed by atoms with Gasteiger partial charge in [0.15, 0.2) is 0 Å². The molecule has 3 atom stereocenters. The lowest BCUT2D eigenvalue weighted by molar-refractivity contribution is -0.131. The Morgan fingerprint density at radius 3 is 2.24 bits per heavy atom. The number of nitrogens with zero attached hydrogens (tertiary/aromatic N) is 1. The molecule has 17 heavy (non-hydrogen) atoms. The molecule has 1 heterocycles. The van der Waals surface area contributed by atoms with Crippen LogP contribution in [0.2, 0.25) is 0 Å². The molecule has 1 aliphatic carbocycles. The largest absolute Gasteiger partial charge is 0.377 e. The maximum Gasteiger partial charge on any atom is 0.224 e. The number of amides is 1. The molecular weight excluding hydrogens is 220 g/mol. The Hall–Kier alpha value is -0.650. The van der Waals surface area contributed by atoms with Gasteiger partial charge in [0.25, 0.3) is 0 Å². The maximum atomic E-state index is 12.0. The van der Waals surface area contributed by atoms with Crippen LogP contribution >= 0.6 is 0 Å². The molecule has 1 aliphatic heterocycles. The van der Waals surface area contributed by atoms with Crippen molar-refractivity contribution in [3.8, 4) is 0 Å². The SMILES string of the molecule is COC1CN(C(=O)CC(N)C2CC2)CC1OC. The van der Waals surface area contributed by atoms with Gasteiger partial charge in [0.2, 0.25) is 5.91 Å². The second kappa shape index (κ2) is 5.33. The molecule has 1 amide bonds. The highest BCUT2D eigenvalue weighted by Gasteiger charge is 2.37. The second-order valence-electron chi connectivity index (χ2n) is 5.05. The van der Waals surface area contributed by atoms with Gasteiger partial charge < -0.3 is 20.1 Å². The van der Waals surface area contributed by atoms with Crippen molar-refractivity contribution in [3.63, 3.8) is 0 Å². The van der Waals surface area contributed by atoms with Crippen LogP contribution in [0.3, 0.4) is 0 Å². The first-order valence-corrected chi connectivity index (χ1v) is 6.24. The number of rotatable bonds is 5. The van der Waals surface area contributed by atoms with Gasteiger partial charge in [-0.3, -0.25) is 4.79 Å². The Morgan fingerprint density at radius 1 is 1.29 bits per heavy atom. The molecule has 98 valence electrons. The fourth-order valence-electron chi connectivity index (χ4n) is 2.42. The van der Waals surface area contributed by atoms with E-state index in [1.807, 2.05) is 4.90 Å². The van der Waals surface area contributed by atoms with Crippen LogP contribution in [0.1, 0.15) is 19.3 Å². The van der Waals surface area contributed by atoms with Gasteiger partial charge >= 0.3 is 0 Å². The van der Waals surface area contributed by atoms with Crippen molar-refractivity contribution in [3.05, 3.63) is 0 Å². The Morgan fingerprint density at radius 2 is 1.82 bits per heavy atom. The van der Waals surface area contributed by atoms with Crippen molar-refractivity contribution < 1.29 is 14.3 Å². The minimum absolute atomic E-state index is 0.0129. The van der Waals surface area contributed by atoms with Gasteiger partial charge in [-0.1, -0.05) is 0 Å². The summed E-state index contributed by atoms with van der Waals surface area (Å²) in [5, 5.41) is 0. The predicted molar refractivity (Wildman–Crippen MR) is 63.5 cm³/mol. The molecule has 3 unspecified atom stereocenters. The molecule has 0 spiro atoms. The van der Waals surface area contributed by atoms with Crippen LogP contribution in [0.15, 0.2) is 0 Å². The van der Waals surface area contributed by atoms with E-state index >= 15 is 0 Å². The molecule has 2 N–H and O–H groups in total. The molecule has 5 heteroatoms. The lowest BCUT2D eigenvalue weighted by atomic mass is 10.1. The van der Waals surface area contributed by atoms with Crippen molar-refractivity contribution in [1.29, 1.82) is 0 Å². The zero-order chi connectivity index (χ0) is 12.4. The van der Waals surface area contributed by atoms with Crippen LogP contribution in [0.4, 0.5) is 0 Å². The topological polar surface area (TPSA) is 64.8 Å². The lowest BCUT2D eigenvalue weighted by Crippen LogP contribution is -2.36. The number of likely N-dealkylation sites (tertiary alicyclic amines) is 1. The summed E-state index contributed by atoms with van der Waals surface area (Å²) in [6.45, 7) is 1.23. The smallest absolute Gasteiger partial charge is 0.224 e. The first-order valence-electron chi connectivity index (χ1n) is 6.24. The summed E-state index contributed by atoms with van der Waals surface area (Å²) in [4.78, 5) is 13.9. The monoisotopic (exact) mass is 242 g/mol. The third-order valence-corrected chi connectivity index (χ3v) is 3.81. The Bertz CT molecular complexity index is 269. The van der Waals surface area contributed by atoms with Crippen molar-refractivity contribution in [2.75, 3.05) is 27.3 Å². The van der Waals surface area contributed by atoms with Crippen molar-refractivity contribution in [2.45, 2.75) is 37.5 Å². The molecule has 0 aromatic rings. The number of nitrogens with two attached hydrogens (primary N) is 1. The van der Waals surface area contributed by atoms with Crippen LogP contribution in [0.5, 0.6) is 0 Å². The first kappa shape index (κ1) is 12.8. The van der Waals surface area contributed by atoms with Crippen molar-refractivity contribution in [2.24, 2.45) is 11.7 Å². The summed E-state index contributed by atoms with van der Waals surface area (Å²) < 4.78 is 10.6. The highest BCUT2D eigenvalue weighted by atomic mass is 16.5. The molecule has 1 saturated heterocycles. The van der Waals surface area contributed by atoms with Gasteiger partial charge in [0, 0.05) is 39.8 Å². The summed E-state index contributed by atoms with van der Waals surface area (Å²) in [6.07, 6.45) is 2.78. The summed E-state index contributed by atoms with van der Waals surface area (Å²) in [5.41, 5.74) is 5.97. The maximum absolute atomic E-state index is 12.0. The van der Waals surface area contributed by atoms with Crippen molar-refractivity contribution in [1.82, 2.24) is 4.90 Å². The van der Waals surface area contributed by atoms with E-state index in [-0.39, 0.29) is 24.2 Å².